The van der Waals surface area contributed by atoms with Crippen LogP contribution in [0.5, 0.6) is 0 Å². The Balaban J connectivity index is 1.46. The average molecular weight is 429 g/mol. The number of aryl methyl sites for hydroxylation is 1. The topological polar surface area (TPSA) is 77.6 Å². The number of aromatic nitrogens is 5. The van der Waals surface area contributed by atoms with Crippen molar-refractivity contribution in [2.45, 2.75) is 10.1 Å². The van der Waals surface area contributed by atoms with Crippen molar-refractivity contribution in [2.24, 2.45) is 7.05 Å². The first-order valence-corrected chi connectivity index (χ1v) is 9.63. The minimum absolute atomic E-state index is 0.225. The summed E-state index contributed by atoms with van der Waals surface area (Å²) in [7, 11) is 1.84. The molecule has 0 aliphatic rings. The molecule has 2 heterocycles. The van der Waals surface area contributed by atoms with E-state index in [0.29, 0.717) is 21.6 Å². The average Bonchev–Trinajstić information content (AvgIpc) is 3.34. The minimum Gasteiger partial charge on any atom is -0.321 e. The Labute approximate surface area is 174 Å². The second-order valence-corrected chi connectivity index (χ2v) is 7.46. The maximum absolute atomic E-state index is 13.1. The summed E-state index contributed by atoms with van der Waals surface area (Å²) < 4.78 is 16.3. The van der Waals surface area contributed by atoms with E-state index in [1.165, 1.54) is 28.6 Å². The molecule has 1 N–H and O–H groups in total. The van der Waals surface area contributed by atoms with Crippen LogP contribution in [0.3, 0.4) is 0 Å². The van der Waals surface area contributed by atoms with Crippen LogP contribution in [0.25, 0.3) is 5.69 Å². The number of anilines is 1. The first kappa shape index (κ1) is 19.2. The molecule has 0 saturated carbocycles. The fourth-order valence-electron chi connectivity index (χ4n) is 2.50. The predicted molar refractivity (Wildman–Crippen MR) is 108 cm³/mol. The molecule has 4 rings (SSSR count). The van der Waals surface area contributed by atoms with E-state index in [2.05, 4.69) is 20.6 Å². The first-order chi connectivity index (χ1) is 14.0. The van der Waals surface area contributed by atoms with Gasteiger partial charge in [0.25, 0.3) is 5.91 Å². The van der Waals surface area contributed by atoms with Gasteiger partial charge in [-0.05, 0) is 60.3 Å². The van der Waals surface area contributed by atoms with E-state index in [4.69, 9.17) is 11.6 Å². The summed E-state index contributed by atoms with van der Waals surface area (Å²) in [4.78, 5) is 13.3. The molecule has 7 nitrogen and oxygen atoms in total. The first-order valence-electron chi connectivity index (χ1n) is 8.44. The molecule has 4 aromatic rings. The highest BCUT2D eigenvalue weighted by Crippen LogP contribution is 2.33. The molecular formula is C19H14ClFN6OS. The quantitative estimate of drug-likeness (QED) is 0.515. The van der Waals surface area contributed by atoms with Gasteiger partial charge in [0, 0.05) is 23.8 Å². The molecule has 29 heavy (non-hydrogen) atoms. The summed E-state index contributed by atoms with van der Waals surface area (Å²) in [6.07, 6.45) is 3.24. The summed E-state index contributed by atoms with van der Waals surface area (Å²) in [5, 5.41) is 16.0. The van der Waals surface area contributed by atoms with Gasteiger partial charge in [-0.3, -0.25) is 4.79 Å². The third-order valence-electron chi connectivity index (χ3n) is 3.97. The number of hydrogen-bond donors (Lipinski definition) is 1. The molecule has 0 bridgehead atoms. The zero-order valence-electron chi connectivity index (χ0n) is 15.1. The van der Waals surface area contributed by atoms with Crippen molar-refractivity contribution in [3.05, 3.63) is 77.6 Å². The number of carbonyl (C=O) groups is 1. The van der Waals surface area contributed by atoms with E-state index >= 15 is 0 Å². The van der Waals surface area contributed by atoms with Crippen LogP contribution in [0.1, 0.15) is 10.5 Å². The molecule has 10 heteroatoms. The van der Waals surface area contributed by atoms with Gasteiger partial charge in [0.1, 0.15) is 12.1 Å². The molecular weight excluding hydrogens is 415 g/mol. The van der Waals surface area contributed by atoms with Crippen LogP contribution >= 0.6 is 23.4 Å². The monoisotopic (exact) mass is 428 g/mol. The van der Waals surface area contributed by atoms with Crippen molar-refractivity contribution < 1.29 is 9.18 Å². The summed E-state index contributed by atoms with van der Waals surface area (Å²) in [6, 6.07) is 12.6. The Morgan fingerprint density at radius 3 is 2.66 bits per heavy atom. The van der Waals surface area contributed by atoms with Crippen LogP contribution in [0, 0.1) is 5.82 Å². The maximum atomic E-state index is 13.1. The van der Waals surface area contributed by atoms with Gasteiger partial charge < -0.3 is 9.88 Å². The summed E-state index contributed by atoms with van der Waals surface area (Å²) in [5.74, 6) is -0.716. The van der Waals surface area contributed by atoms with E-state index in [1.807, 2.05) is 7.05 Å². The fourth-order valence-corrected chi connectivity index (χ4v) is 3.57. The van der Waals surface area contributed by atoms with Gasteiger partial charge in [-0.1, -0.05) is 11.6 Å². The number of halogens is 2. The number of carbonyl (C=O) groups excluding carboxylic acids is 1. The Morgan fingerprint density at radius 2 is 1.97 bits per heavy atom. The number of amides is 1. The Hall–Kier alpha value is -3.17. The van der Waals surface area contributed by atoms with Crippen LogP contribution in [-0.4, -0.2) is 30.5 Å². The van der Waals surface area contributed by atoms with E-state index < -0.39 is 0 Å². The number of nitrogens with zero attached hydrogens (tertiary/aromatic N) is 5. The Bertz CT molecular complexity index is 1170. The SMILES string of the molecule is Cn1cnnc1Sc1ccc(NC(=O)c2ccn(-c3ccc(F)cc3)n2)cc1Cl. The molecule has 2 aromatic heterocycles. The molecule has 0 aliphatic carbocycles. The second-order valence-electron chi connectivity index (χ2n) is 6.05. The van der Waals surface area contributed by atoms with Crippen molar-refractivity contribution >= 4 is 35.0 Å². The lowest BCUT2D eigenvalue weighted by Crippen LogP contribution is -2.13. The van der Waals surface area contributed by atoms with Gasteiger partial charge in [0.2, 0.25) is 0 Å². The third kappa shape index (κ3) is 4.30. The highest BCUT2D eigenvalue weighted by molar-refractivity contribution is 7.99. The molecule has 2 aromatic carbocycles. The molecule has 146 valence electrons. The predicted octanol–water partition coefficient (Wildman–Crippen LogP) is 4.20. The maximum Gasteiger partial charge on any atom is 0.276 e. The zero-order valence-corrected chi connectivity index (χ0v) is 16.7. The van der Waals surface area contributed by atoms with Crippen LogP contribution in [0.4, 0.5) is 10.1 Å². The van der Waals surface area contributed by atoms with E-state index in [9.17, 15) is 9.18 Å². The molecule has 1 amide bonds. The lowest BCUT2D eigenvalue weighted by Gasteiger charge is -2.07. The normalized spacial score (nSPS) is 10.9. The summed E-state index contributed by atoms with van der Waals surface area (Å²) in [5.41, 5.74) is 1.42. The van der Waals surface area contributed by atoms with Crippen molar-refractivity contribution in [1.29, 1.82) is 0 Å². The van der Waals surface area contributed by atoms with Gasteiger partial charge in [0.05, 0.1) is 10.7 Å². The van der Waals surface area contributed by atoms with Crippen molar-refractivity contribution in [3.8, 4) is 5.69 Å². The van der Waals surface area contributed by atoms with Crippen LogP contribution in [0.2, 0.25) is 5.02 Å². The molecule has 0 unspecified atom stereocenters. The molecule has 0 aliphatic heterocycles. The lowest BCUT2D eigenvalue weighted by atomic mass is 10.3. The highest BCUT2D eigenvalue weighted by atomic mass is 35.5. The standard InChI is InChI=1S/C19H14ClFN6OS/c1-26-11-22-24-19(26)29-17-7-4-13(10-15(17)20)23-18(28)16-8-9-27(25-16)14-5-2-12(21)3-6-14/h2-11H,1H3,(H,23,28). The molecule has 0 saturated heterocycles. The van der Waals surface area contributed by atoms with Gasteiger partial charge in [0.15, 0.2) is 10.9 Å². The van der Waals surface area contributed by atoms with Gasteiger partial charge in [-0.15, -0.1) is 10.2 Å². The van der Waals surface area contributed by atoms with E-state index in [-0.39, 0.29) is 17.4 Å². The van der Waals surface area contributed by atoms with Gasteiger partial charge in [-0.2, -0.15) is 5.10 Å². The number of nitrogens with one attached hydrogen (secondary N) is 1. The van der Waals surface area contributed by atoms with Crippen LogP contribution in [-0.2, 0) is 7.05 Å². The second kappa shape index (κ2) is 8.06. The van der Waals surface area contributed by atoms with Crippen LogP contribution < -0.4 is 5.32 Å². The van der Waals surface area contributed by atoms with Gasteiger partial charge >= 0.3 is 0 Å². The van der Waals surface area contributed by atoms with E-state index in [1.54, 1.807) is 53.5 Å². The Morgan fingerprint density at radius 1 is 1.17 bits per heavy atom. The Kier molecular flexibility index (Phi) is 5.32. The van der Waals surface area contributed by atoms with Crippen molar-refractivity contribution in [1.82, 2.24) is 24.5 Å². The fraction of sp³-hybridized carbons (Fsp3) is 0.0526. The molecule has 0 fully saturated rings. The van der Waals surface area contributed by atoms with Crippen LogP contribution in [0.15, 0.2) is 71.1 Å². The third-order valence-corrected chi connectivity index (χ3v) is 5.53. The lowest BCUT2D eigenvalue weighted by molar-refractivity contribution is 0.102. The summed E-state index contributed by atoms with van der Waals surface area (Å²) >= 11 is 7.72. The molecule has 0 atom stereocenters. The van der Waals surface area contributed by atoms with Crippen molar-refractivity contribution in [2.75, 3.05) is 5.32 Å². The van der Waals surface area contributed by atoms with Crippen molar-refractivity contribution in [3.63, 3.8) is 0 Å². The molecule has 0 spiro atoms. The minimum atomic E-state index is -0.379. The number of benzene rings is 2. The van der Waals surface area contributed by atoms with E-state index in [0.717, 1.165) is 4.90 Å². The van der Waals surface area contributed by atoms with Gasteiger partial charge in [-0.25, -0.2) is 9.07 Å². The smallest absolute Gasteiger partial charge is 0.276 e. The summed E-state index contributed by atoms with van der Waals surface area (Å²) in [6.45, 7) is 0. The highest BCUT2D eigenvalue weighted by Gasteiger charge is 2.13. The molecule has 0 radical (unpaired) electrons. The number of rotatable bonds is 5. The number of hydrogen-bond acceptors (Lipinski definition) is 5. The largest absolute Gasteiger partial charge is 0.321 e. The zero-order chi connectivity index (χ0) is 20.4.